The zero-order chi connectivity index (χ0) is 25.7. The van der Waals surface area contributed by atoms with Crippen molar-refractivity contribution in [3.8, 4) is 11.5 Å². The van der Waals surface area contributed by atoms with E-state index in [1.54, 1.807) is 39.0 Å². The minimum Gasteiger partial charge on any atom is -0.493 e. The Balaban J connectivity index is 2.01. The van der Waals surface area contributed by atoms with Gasteiger partial charge in [-0.1, -0.05) is 6.07 Å². The van der Waals surface area contributed by atoms with Crippen molar-refractivity contribution in [3.63, 3.8) is 0 Å². The second kappa shape index (κ2) is 10.9. The van der Waals surface area contributed by atoms with Gasteiger partial charge in [0.05, 0.1) is 26.8 Å². The number of nitrogens with zero attached hydrogens (tertiary/aromatic N) is 1. The van der Waals surface area contributed by atoms with E-state index in [1.807, 2.05) is 0 Å². The Morgan fingerprint density at radius 1 is 1.18 bits per heavy atom. The highest BCUT2D eigenvalue weighted by Gasteiger charge is 2.50. The van der Waals surface area contributed by atoms with Crippen LogP contribution in [0.5, 0.6) is 11.5 Å². The van der Waals surface area contributed by atoms with E-state index >= 15 is 0 Å². The van der Waals surface area contributed by atoms with E-state index in [4.69, 9.17) is 14.2 Å². The molecular formula is C22H31F2N3O7. The fourth-order valence-electron chi connectivity index (χ4n) is 3.42. The van der Waals surface area contributed by atoms with Crippen molar-refractivity contribution in [3.05, 3.63) is 23.8 Å². The normalized spacial score (nSPS) is 18.1. The minimum absolute atomic E-state index is 0.0203. The Hall–Kier alpha value is -3.15. The number of hydrogen-bond donors (Lipinski definition) is 3. The Bertz CT molecular complexity index is 905. The number of aliphatic hydroxyl groups is 1. The standard InChI is InChI=1S/C22H31F2N3O7/c1-21(2,3)34-20(31)26-11-17(28)27-12-22(23,24)9-14(27)18(29)19(30)25-10-13-6-7-15(32-4)16(8-13)33-5/h6-8,14,18,29H,9-12H2,1-5H3,(H,25,30)(H,26,31)/t14-,18?/m0/s1. The molecule has 1 fully saturated rings. The van der Waals surface area contributed by atoms with Gasteiger partial charge in [0, 0.05) is 13.0 Å². The molecule has 1 aliphatic rings. The number of methoxy groups -OCH3 is 2. The van der Waals surface area contributed by atoms with Gasteiger partial charge in [-0.05, 0) is 38.5 Å². The van der Waals surface area contributed by atoms with E-state index in [2.05, 4.69) is 10.6 Å². The largest absolute Gasteiger partial charge is 0.493 e. The van der Waals surface area contributed by atoms with Crippen LogP contribution in [-0.4, -0.2) is 78.9 Å². The number of benzene rings is 1. The molecule has 0 aromatic heterocycles. The number of aliphatic hydroxyl groups excluding tert-OH is 1. The maximum absolute atomic E-state index is 14.1. The van der Waals surface area contributed by atoms with Gasteiger partial charge in [-0.15, -0.1) is 0 Å². The SMILES string of the molecule is COc1ccc(CNC(=O)C(O)[C@@H]2CC(F)(F)CN2C(=O)CNC(=O)OC(C)(C)C)cc1OC. The topological polar surface area (TPSA) is 126 Å². The van der Waals surface area contributed by atoms with Gasteiger partial charge in [-0.3, -0.25) is 9.59 Å². The van der Waals surface area contributed by atoms with Crippen molar-refractivity contribution in [2.75, 3.05) is 27.3 Å². The van der Waals surface area contributed by atoms with Crippen LogP contribution >= 0.6 is 0 Å². The average molecular weight is 488 g/mol. The quantitative estimate of drug-likeness (QED) is 0.507. The van der Waals surface area contributed by atoms with Crippen molar-refractivity contribution >= 4 is 17.9 Å². The first-order chi connectivity index (χ1) is 15.8. The summed E-state index contributed by atoms with van der Waals surface area (Å²) >= 11 is 0. The number of rotatable bonds is 8. The maximum atomic E-state index is 14.1. The fraction of sp³-hybridized carbons (Fsp3) is 0.591. The van der Waals surface area contributed by atoms with Crippen molar-refractivity contribution in [1.82, 2.24) is 15.5 Å². The summed E-state index contributed by atoms with van der Waals surface area (Å²) in [7, 11) is 2.93. The summed E-state index contributed by atoms with van der Waals surface area (Å²) in [5.41, 5.74) is -0.192. The number of amides is 3. The van der Waals surface area contributed by atoms with Crippen LogP contribution in [-0.2, 0) is 20.9 Å². The Labute approximate surface area is 196 Å². The van der Waals surface area contributed by atoms with Gasteiger partial charge < -0.3 is 34.9 Å². The molecule has 3 N–H and O–H groups in total. The number of ether oxygens (including phenoxy) is 3. The summed E-state index contributed by atoms with van der Waals surface area (Å²) in [6.45, 7) is 3.26. The van der Waals surface area contributed by atoms with Crippen molar-refractivity contribution in [1.29, 1.82) is 0 Å². The monoisotopic (exact) mass is 487 g/mol. The van der Waals surface area contributed by atoms with Crippen molar-refractivity contribution < 1.29 is 42.5 Å². The third kappa shape index (κ3) is 7.44. The lowest BCUT2D eigenvalue weighted by Gasteiger charge is -2.27. The summed E-state index contributed by atoms with van der Waals surface area (Å²) in [6.07, 6.45) is -3.69. The highest BCUT2D eigenvalue weighted by atomic mass is 19.3. The smallest absolute Gasteiger partial charge is 0.408 e. The van der Waals surface area contributed by atoms with Crippen LogP contribution in [0.3, 0.4) is 0 Å². The van der Waals surface area contributed by atoms with Gasteiger partial charge >= 0.3 is 6.09 Å². The summed E-state index contributed by atoms with van der Waals surface area (Å²) in [6, 6.07) is 3.45. The molecule has 0 bridgehead atoms. The second-order valence-corrected chi connectivity index (χ2v) is 8.86. The lowest BCUT2D eigenvalue weighted by atomic mass is 10.1. The summed E-state index contributed by atoms with van der Waals surface area (Å²) in [4.78, 5) is 37.5. The predicted octanol–water partition coefficient (Wildman–Crippen LogP) is 1.44. The summed E-state index contributed by atoms with van der Waals surface area (Å²) < 4.78 is 43.5. The zero-order valence-corrected chi connectivity index (χ0v) is 19.8. The number of carbonyl (C=O) groups is 3. The van der Waals surface area contributed by atoms with E-state index in [9.17, 15) is 28.3 Å². The maximum Gasteiger partial charge on any atom is 0.408 e. The van der Waals surface area contributed by atoms with Crippen LogP contribution in [0.4, 0.5) is 13.6 Å². The third-order valence-corrected chi connectivity index (χ3v) is 4.96. The lowest BCUT2D eigenvalue weighted by molar-refractivity contribution is -0.139. The molecule has 1 aromatic rings. The molecule has 190 valence electrons. The molecule has 1 unspecified atom stereocenters. The number of nitrogens with one attached hydrogen (secondary N) is 2. The molecule has 1 aliphatic heterocycles. The van der Waals surface area contributed by atoms with Gasteiger partial charge in [0.2, 0.25) is 5.91 Å². The molecule has 1 saturated heterocycles. The van der Waals surface area contributed by atoms with Crippen molar-refractivity contribution in [2.45, 2.75) is 57.4 Å². The molecule has 0 radical (unpaired) electrons. The molecule has 12 heteroatoms. The molecule has 2 rings (SSSR count). The number of hydrogen-bond acceptors (Lipinski definition) is 7. The summed E-state index contributed by atoms with van der Waals surface area (Å²) in [5, 5.41) is 15.1. The molecule has 1 aromatic carbocycles. The number of alkyl carbamates (subject to hydrolysis) is 1. The van der Waals surface area contributed by atoms with Gasteiger partial charge in [0.1, 0.15) is 12.1 Å². The van der Waals surface area contributed by atoms with Crippen LogP contribution < -0.4 is 20.1 Å². The minimum atomic E-state index is -3.29. The predicted molar refractivity (Wildman–Crippen MR) is 117 cm³/mol. The van der Waals surface area contributed by atoms with Crippen LogP contribution in [0.25, 0.3) is 0 Å². The molecule has 2 atom stereocenters. The molecule has 34 heavy (non-hydrogen) atoms. The molecule has 0 aliphatic carbocycles. The zero-order valence-electron chi connectivity index (χ0n) is 19.8. The molecular weight excluding hydrogens is 456 g/mol. The summed E-state index contributed by atoms with van der Waals surface area (Å²) in [5.74, 6) is -4.17. The van der Waals surface area contributed by atoms with E-state index in [0.29, 0.717) is 22.0 Å². The Kier molecular flexibility index (Phi) is 8.65. The van der Waals surface area contributed by atoms with Gasteiger partial charge in [0.15, 0.2) is 17.6 Å². The fourth-order valence-corrected chi connectivity index (χ4v) is 3.42. The van der Waals surface area contributed by atoms with Crippen LogP contribution in [0.2, 0.25) is 0 Å². The van der Waals surface area contributed by atoms with Crippen LogP contribution in [0, 0.1) is 0 Å². The van der Waals surface area contributed by atoms with Gasteiger partial charge in [-0.25, -0.2) is 13.6 Å². The first-order valence-corrected chi connectivity index (χ1v) is 10.6. The first-order valence-electron chi connectivity index (χ1n) is 10.6. The Morgan fingerprint density at radius 2 is 1.82 bits per heavy atom. The molecule has 10 nitrogen and oxygen atoms in total. The van der Waals surface area contributed by atoms with Crippen LogP contribution in [0.15, 0.2) is 18.2 Å². The van der Waals surface area contributed by atoms with Crippen LogP contribution in [0.1, 0.15) is 32.8 Å². The molecule has 1 heterocycles. The van der Waals surface area contributed by atoms with E-state index < -0.39 is 61.1 Å². The molecule has 0 saturated carbocycles. The Morgan fingerprint density at radius 3 is 2.41 bits per heavy atom. The highest BCUT2D eigenvalue weighted by molar-refractivity contribution is 5.85. The molecule has 0 spiro atoms. The number of halogens is 2. The number of likely N-dealkylation sites (tertiary alicyclic amines) is 1. The highest BCUT2D eigenvalue weighted by Crippen LogP contribution is 2.34. The lowest BCUT2D eigenvalue weighted by Crippen LogP contribution is -2.51. The third-order valence-electron chi connectivity index (χ3n) is 4.96. The van der Waals surface area contributed by atoms with E-state index in [-0.39, 0.29) is 6.54 Å². The number of carbonyl (C=O) groups excluding carboxylic acids is 3. The average Bonchev–Trinajstić information content (AvgIpc) is 3.09. The van der Waals surface area contributed by atoms with E-state index in [1.165, 1.54) is 14.2 Å². The van der Waals surface area contributed by atoms with Gasteiger partial charge in [-0.2, -0.15) is 0 Å². The van der Waals surface area contributed by atoms with Crippen molar-refractivity contribution in [2.24, 2.45) is 0 Å². The second-order valence-electron chi connectivity index (χ2n) is 8.86. The number of alkyl halides is 2. The van der Waals surface area contributed by atoms with Gasteiger partial charge in [0.25, 0.3) is 11.8 Å². The molecule has 3 amide bonds. The first kappa shape index (κ1) is 27.1. The van der Waals surface area contributed by atoms with E-state index in [0.717, 1.165) is 0 Å².